The molecular weight excluding hydrogens is 306 g/mol. The third-order valence-electron chi connectivity index (χ3n) is 4.31. The number of rotatable bonds is 7. The molecule has 0 aromatic heterocycles. The molecule has 6 nitrogen and oxygen atoms in total. The zero-order valence-electron chi connectivity index (χ0n) is 14.6. The summed E-state index contributed by atoms with van der Waals surface area (Å²) in [5, 5.41) is 8.95. The van der Waals surface area contributed by atoms with Crippen molar-refractivity contribution in [1.82, 2.24) is 14.7 Å². The highest BCUT2D eigenvalue weighted by Crippen LogP contribution is 2.12. The lowest BCUT2D eigenvalue weighted by atomic mass is 10.1. The maximum atomic E-state index is 12.5. The second-order valence-corrected chi connectivity index (χ2v) is 6.40. The molecule has 0 atom stereocenters. The zero-order chi connectivity index (χ0) is 17.5. The minimum Gasteiger partial charge on any atom is -0.480 e. The summed E-state index contributed by atoms with van der Waals surface area (Å²) in [4.78, 5) is 29.5. The van der Waals surface area contributed by atoms with Gasteiger partial charge in [-0.3, -0.25) is 14.5 Å². The number of carboxylic acids is 1. The van der Waals surface area contributed by atoms with Crippen molar-refractivity contribution in [2.24, 2.45) is 0 Å². The summed E-state index contributed by atoms with van der Waals surface area (Å²) < 4.78 is 0. The van der Waals surface area contributed by atoms with Crippen molar-refractivity contribution in [3.05, 3.63) is 35.4 Å². The van der Waals surface area contributed by atoms with E-state index in [4.69, 9.17) is 5.11 Å². The smallest absolute Gasteiger partial charge is 0.323 e. The molecule has 1 aliphatic heterocycles. The highest BCUT2D eigenvalue weighted by atomic mass is 16.4. The highest BCUT2D eigenvalue weighted by Gasteiger charge is 2.18. The minimum atomic E-state index is -0.983. The summed E-state index contributed by atoms with van der Waals surface area (Å²) in [6, 6.07) is 7.55. The van der Waals surface area contributed by atoms with E-state index in [0.717, 1.165) is 39.1 Å². The van der Waals surface area contributed by atoms with Crippen LogP contribution in [0.15, 0.2) is 24.3 Å². The Morgan fingerprint density at radius 1 is 1.12 bits per heavy atom. The molecule has 1 N–H and O–H groups in total. The van der Waals surface area contributed by atoms with Crippen LogP contribution in [0.2, 0.25) is 0 Å². The Kier molecular flexibility index (Phi) is 6.75. The fraction of sp³-hybridized carbons (Fsp3) is 0.556. The number of likely N-dealkylation sites (N-methyl/N-ethyl adjacent to an activating group) is 1. The van der Waals surface area contributed by atoms with Crippen LogP contribution in [0.1, 0.15) is 29.3 Å². The van der Waals surface area contributed by atoms with Crippen LogP contribution in [-0.2, 0) is 11.3 Å². The van der Waals surface area contributed by atoms with Gasteiger partial charge in [0.2, 0.25) is 0 Å². The highest BCUT2D eigenvalue weighted by molar-refractivity contribution is 5.95. The summed E-state index contributed by atoms with van der Waals surface area (Å²) in [5.41, 5.74) is 1.73. The number of nitrogens with zero attached hydrogens (tertiary/aromatic N) is 3. The monoisotopic (exact) mass is 333 g/mol. The molecule has 6 heteroatoms. The summed E-state index contributed by atoms with van der Waals surface area (Å²) in [6.45, 7) is 7.29. The summed E-state index contributed by atoms with van der Waals surface area (Å²) in [7, 11) is 2.14. The van der Waals surface area contributed by atoms with E-state index in [-0.39, 0.29) is 12.5 Å². The Morgan fingerprint density at radius 3 is 2.29 bits per heavy atom. The molecule has 0 radical (unpaired) electrons. The van der Waals surface area contributed by atoms with Gasteiger partial charge >= 0.3 is 5.97 Å². The Bertz CT molecular complexity index is 551. The fourth-order valence-corrected chi connectivity index (χ4v) is 2.89. The molecule has 132 valence electrons. The standard InChI is InChI=1S/C18H27N3O3/c1-3-8-21(14-17(22)23)18(24)16-6-4-15(5-7-16)13-20-11-9-19(2)10-12-20/h4-7H,3,8-14H2,1-2H3,(H,22,23). The van der Waals surface area contributed by atoms with Gasteiger partial charge < -0.3 is 14.9 Å². The van der Waals surface area contributed by atoms with E-state index in [1.54, 1.807) is 12.1 Å². The largest absolute Gasteiger partial charge is 0.480 e. The van der Waals surface area contributed by atoms with E-state index < -0.39 is 5.97 Å². The molecule has 1 aliphatic rings. The molecule has 1 amide bonds. The number of carbonyl (C=O) groups is 2. The molecule has 1 saturated heterocycles. The first-order chi connectivity index (χ1) is 11.5. The predicted octanol–water partition coefficient (Wildman–Crippen LogP) is 1.37. The van der Waals surface area contributed by atoms with E-state index in [1.165, 1.54) is 10.5 Å². The van der Waals surface area contributed by atoms with Crippen molar-refractivity contribution >= 4 is 11.9 Å². The summed E-state index contributed by atoms with van der Waals surface area (Å²) >= 11 is 0. The van der Waals surface area contributed by atoms with Gasteiger partial charge in [0, 0.05) is 44.8 Å². The maximum Gasteiger partial charge on any atom is 0.323 e. The number of carbonyl (C=O) groups excluding carboxylic acids is 1. The van der Waals surface area contributed by atoms with Crippen molar-refractivity contribution in [2.45, 2.75) is 19.9 Å². The third kappa shape index (κ3) is 5.32. The quantitative estimate of drug-likeness (QED) is 0.816. The van der Waals surface area contributed by atoms with Crippen molar-refractivity contribution in [2.75, 3.05) is 46.3 Å². The van der Waals surface area contributed by atoms with E-state index >= 15 is 0 Å². The van der Waals surface area contributed by atoms with Crippen molar-refractivity contribution in [3.8, 4) is 0 Å². The molecule has 2 rings (SSSR count). The van der Waals surface area contributed by atoms with Gasteiger partial charge in [0.25, 0.3) is 5.91 Å². The Balaban J connectivity index is 1.97. The Hall–Kier alpha value is -1.92. The van der Waals surface area contributed by atoms with Crippen molar-refractivity contribution in [3.63, 3.8) is 0 Å². The molecule has 0 unspecified atom stereocenters. The van der Waals surface area contributed by atoms with Crippen LogP contribution < -0.4 is 0 Å². The topological polar surface area (TPSA) is 64.1 Å². The normalized spacial score (nSPS) is 16.1. The molecule has 0 bridgehead atoms. The Labute approximate surface area is 143 Å². The average molecular weight is 333 g/mol. The van der Waals surface area contributed by atoms with Crippen LogP contribution in [0.4, 0.5) is 0 Å². The van der Waals surface area contributed by atoms with Gasteiger partial charge in [0.1, 0.15) is 6.54 Å². The predicted molar refractivity (Wildman–Crippen MR) is 93.0 cm³/mol. The molecule has 0 saturated carbocycles. The first kappa shape index (κ1) is 18.4. The summed E-state index contributed by atoms with van der Waals surface area (Å²) in [5.74, 6) is -1.20. The van der Waals surface area contributed by atoms with Gasteiger partial charge in [0.05, 0.1) is 0 Å². The average Bonchev–Trinajstić information content (AvgIpc) is 2.56. The SMILES string of the molecule is CCCN(CC(=O)O)C(=O)c1ccc(CN2CCN(C)CC2)cc1. The first-order valence-corrected chi connectivity index (χ1v) is 8.50. The van der Waals surface area contributed by atoms with Gasteiger partial charge in [-0.1, -0.05) is 19.1 Å². The second kappa shape index (κ2) is 8.80. The number of amides is 1. The summed E-state index contributed by atoms with van der Waals surface area (Å²) in [6.07, 6.45) is 0.737. The number of hydrogen-bond acceptors (Lipinski definition) is 4. The van der Waals surface area contributed by atoms with Crippen molar-refractivity contribution in [1.29, 1.82) is 0 Å². The van der Waals surface area contributed by atoms with Crippen molar-refractivity contribution < 1.29 is 14.7 Å². The zero-order valence-corrected chi connectivity index (χ0v) is 14.6. The lowest BCUT2D eigenvalue weighted by molar-refractivity contribution is -0.137. The third-order valence-corrected chi connectivity index (χ3v) is 4.31. The van der Waals surface area contributed by atoms with Gasteiger partial charge in [-0.25, -0.2) is 0 Å². The minimum absolute atomic E-state index is 0.217. The molecule has 0 spiro atoms. The van der Waals surface area contributed by atoms with Crippen LogP contribution >= 0.6 is 0 Å². The van der Waals surface area contributed by atoms with Gasteiger partial charge in [-0.2, -0.15) is 0 Å². The lowest BCUT2D eigenvalue weighted by Crippen LogP contribution is -2.43. The second-order valence-electron chi connectivity index (χ2n) is 6.40. The molecule has 1 aromatic rings. The maximum absolute atomic E-state index is 12.5. The van der Waals surface area contributed by atoms with E-state index in [2.05, 4.69) is 16.8 Å². The molecular formula is C18H27N3O3. The number of piperazine rings is 1. The molecule has 1 heterocycles. The molecule has 24 heavy (non-hydrogen) atoms. The number of hydrogen-bond donors (Lipinski definition) is 1. The number of benzene rings is 1. The Morgan fingerprint density at radius 2 is 1.75 bits per heavy atom. The van der Waals surface area contributed by atoms with Crippen LogP contribution in [0.3, 0.4) is 0 Å². The van der Waals surface area contributed by atoms with E-state index in [9.17, 15) is 9.59 Å². The fourth-order valence-electron chi connectivity index (χ4n) is 2.89. The lowest BCUT2D eigenvalue weighted by Gasteiger charge is -2.32. The van der Waals surface area contributed by atoms with Gasteiger partial charge in [0.15, 0.2) is 0 Å². The molecule has 1 fully saturated rings. The van der Waals surface area contributed by atoms with Gasteiger partial charge in [-0.05, 0) is 31.2 Å². The number of carboxylic acid groups (broad SMARTS) is 1. The number of aliphatic carboxylic acids is 1. The van der Waals surface area contributed by atoms with Crippen LogP contribution in [0, 0.1) is 0 Å². The molecule has 1 aromatic carbocycles. The van der Waals surface area contributed by atoms with Crippen LogP contribution in [0.5, 0.6) is 0 Å². The van der Waals surface area contributed by atoms with Crippen LogP contribution in [0.25, 0.3) is 0 Å². The van der Waals surface area contributed by atoms with Gasteiger partial charge in [-0.15, -0.1) is 0 Å². The van der Waals surface area contributed by atoms with Crippen LogP contribution in [-0.4, -0.2) is 78.0 Å². The van der Waals surface area contributed by atoms with E-state index in [1.807, 2.05) is 19.1 Å². The molecule has 0 aliphatic carbocycles. The first-order valence-electron chi connectivity index (χ1n) is 8.50. The van der Waals surface area contributed by atoms with E-state index in [0.29, 0.717) is 12.1 Å².